The maximum atomic E-state index is 6.33. The van der Waals surface area contributed by atoms with Gasteiger partial charge in [-0.15, -0.1) is 11.3 Å². The first-order valence-corrected chi connectivity index (χ1v) is 11.9. The number of thiophene rings is 1. The van der Waals surface area contributed by atoms with E-state index in [1.807, 2.05) is 0 Å². The van der Waals surface area contributed by atoms with Crippen LogP contribution >= 0.6 is 22.9 Å². The highest BCUT2D eigenvalue weighted by molar-refractivity contribution is 7.17. The summed E-state index contributed by atoms with van der Waals surface area (Å²) in [6, 6.07) is 17.3. The van der Waals surface area contributed by atoms with Crippen molar-refractivity contribution in [3.63, 3.8) is 0 Å². The molecule has 0 amide bonds. The molecule has 0 bridgehead atoms. The fourth-order valence-electron chi connectivity index (χ4n) is 4.21. The Morgan fingerprint density at radius 3 is 2.45 bits per heavy atom. The molecular formula is C25H25ClN4S. The predicted octanol–water partition coefficient (Wildman–Crippen LogP) is 5.95. The fourth-order valence-corrected chi connectivity index (χ4v) is 5.36. The Kier molecular flexibility index (Phi) is 5.65. The third-order valence-electron chi connectivity index (χ3n) is 6.13. The Bertz CT molecular complexity index is 1210. The van der Waals surface area contributed by atoms with Gasteiger partial charge in [-0.1, -0.05) is 48.5 Å². The summed E-state index contributed by atoms with van der Waals surface area (Å²) in [5, 5.41) is 3.63. The van der Waals surface area contributed by atoms with E-state index in [1.54, 1.807) is 11.3 Å². The van der Waals surface area contributed by atoms with Crippen LogP contribution in [-0.4, -0.2) is 41.0 Å². The first-order chi connectivity index (χ1) is 15.1. The van der Waals surface area contributed by atoms with Crippen molar-refractivity contribution in [2.45, 2.75) is 20.4 Å². The Morgan fingerprint density at radius 1 is 0.935 bits per heavy atom. The van der Waals surface area contributed by atoms with Gasteiger partial charge in [-0.25, -0.2) is 4.98 Å². The number of hydrogen-bond donors (Lipinski definition) is 0. The number of piperazine rings is 1. The minimum Gasteiger partial charge on any atom is -0.353 e. The van der Waals surface area contributed by atoms with E-state index < -0.39 is 0 Å². The van der Waals surface area contributed by atoms with E-state index in [1.165, 1.54) is 27.8 Å². The van der Waals surface area contributed by atoms with Crippen molar-refractivity contribution in [3.8, 4) is 11.1 Å². The predicted molar refractivity (Wildman–Crippen MR) is 131 cm³/mol. The van der Waals surface area contributed by atoms with Gasteiger partial charge in [0.15, 0.2) is 0 Å². The quantitative estimate of drug-likeness (QED) is 0.361. The SMILES string of the molecule is Cc1ccc(-c2csc3nc(Cl)nc(N4CCN(Cc5ccccc5)CC4)c23)cc1C. The van der Waals surface area contributed by atoms with Crippen molar-refractivity contribution in [3.05, 3.63) is 75.9 Å². The summed E-state index contributed by atoms with van der Waals surface area (Å²) >= 11 is 7.97. The van der Waals surface area contributed by atoms with Gasteiger partial charge in [-0.3, -0.25) is 4.90 Å². The van der Waals surface area contributed by atoms with Crippen LogP contribution in [0.15, 0.2) is 53.9 Å². The number of fused-ring (bicyclic) bond motifs is 1. The molecule has 0 saturated carbocycles. The van der Waals surface area contributed by atoms with E-state index in [0.29, 0.717) is 5.28 Å². The Balaban J connectivity index is 1.44. The highest BCUT2D eigenvalue weighted by Gasteiger charge is 2.23. The Labute approximate surface area is 192 Å². The number of hydrogen-bond acceptors (Lipinski definition) is 5. The smallest absolute Gasteiger partial charge is 0.225 e. The van der Waals surface area contributed by atoms with Gasteiger partial charge in [0.05, 0.1) is 5.39 Å². The van der Waals surface area contributed by atoms with Gasteiger partial charge >= 0.3 is 0 Å². The van der Waals surface area contributed by atoms with Crippen LogP contribution in [0, 0.1) is 13.8 Å². The van der Waals surface area contributed by atoms with Crippen molar-refractivity contribution in [2.24, 2.45) is 0 Å². The molecule has 1 aliphatic heterocycles. The molecule has 0 atom stereocenters. The zero-order valence-corrected chi connectivity index (χ0v) is 19.4. The molecule has 0 radical (unpaired) electrons. The maximum Gasteiger partial charge on any atom is 0.225 e. The number of nitrogens with zero attached hydrogens (tertiary/aromatic N) is 4. The Hall–Kier alpha value is -2.47. The monoisotopic (exact) mass is 448 g/mol. The Morgan fingerprint density at radius 2 is 1.71 bits per heavy atom. The van der Waals surface area contributed by atoms with Crippen molar-refractivity contribution in [2.75, 3.05) is 31.1 Å². The largest absolute Gasteiger partial charge is 0.353 e. The normalized spacial score (nSPS) is 15.0. The summed E-state index contributed by atoms with van der Waals surface area (Å²) < 4.78 is 0. The third kappa shape index (κ3) is 4.18. The molecule has 5 rings (SSSR count). The lowest BCUT2D eigenvalue weighted by atomic mass is 10.0. The summed E-state index contributed by atoms with van der Waals surface area (Å²) in [6.45, 7) is 9.15. The summed E-state index contributed by atoms with van der Waals surface area (Å²) in [5.41, 5.74) is 6.36. The van der Waals surface area contributed by atoms with Crippen LogP contribution in [0.1, 0.15) is 16.7 Å². The summed E-state index contributed by atoms with van der Waals surface area (Å²) in [5.74, 6) is 0.962. The average molecular weight is 449 g/mol. The van der Waals surface area contributed by atoms with E-state index in [4.69, 9.17) is 16.6 Å². The van der Waals surface area contributed by atoms with Crippen LogP contribution in [0.25, 0.3) is 21.3 Å². The molecule has 1 saturated heterocycles. The molecule has 4 aromatic rings. The lowest BCUT2D eigenvalue weighted by molar-refractivity contribution is 0.249. The maximum absolute atomic E-state index is 6.33. The summed E-state index contributed by atoms with van der Waals surface area (Å²) in [6.07, 6.45) is 0. The first-order valence-electron chi connectivity index (χ1n) is 10.6. The average Bonchev–Trinajstić information content (AvgIpc) is 3.20. The van der Waals surface area contributed by atoms with Gasteiger partial charge < -0.3 is 4.90 Å². The van der Waals surface area contributed by atoms with Crippen molar-refractivity contribution in [1.29, 1.82) is 0 Å². The lowest BCUT2D eigenvalue weighted by Crippen LogP contribution is -2.46. The second kappa shape index (κ2) is 8.58. The third-order valence-corrected chi connectivity index (χ3v) is 7.17. The molecule has 2 aromatic heterocycles. The van der Waals surface area contributed by atoms with Crippen molar-refractivity contribution < 1.29 is 0 Å². The van der Waals surface area contributed by atoms with E-state index >= 15 is 0 Å². The second-order valence-corrected chi connectivity index (χ2v) is 9.39. The van der Waals surface area contributed by atoms with Crippen LogP contribution < -0.4 is 4.90 Å². The first kappa shape index (κ1) is 20.4. The number of rotatable bonds is 4. The molecule has 0 aliphatic carbocycles. The second-order valence-electron chi connectivity index (χ2n) is 8.19. The van der Waals surface area contributed by atoms with E-state index in [9.17, 15) is 0 Å². The topological polar surface area (TPSA) is 32.3 Å². The fraction of sp³-hybridized carbons (Fsp3) is 0.280. The van der Waals surface area contributed by atoms with Crippen molar-refractivity contribution in [1.82, 2.24) is 14.9 Å². The molecule has 3 heterocycles. The number of aromatic nitrogens is 2. The van der Waals surface area contributed by atoms with E-state index in [0.717, 1.165) is 48.8 Å². The van der Waals surface area contributed by atoms with E-state index in [-0.39, 0.29) is 0 Å². The zero-order valence-electron chi connectivity index (χ0n) is 17.8. The molecule has 0 N–H and O–H groups in total. The number of halogens is 1. The van der Waals surface area contributed by atoms with Gasteiger partial charge in [0.1, 0.15) is 10.6 Å². The van der Waals surface area contributed by atoms with Gasteiger partial charge in [-0.05, 0) is 47.7 Å². The molecule has 158 valence electrons. The van der Waals surface area contributed by atoms with Gasteiger partial charge in [-0.2, -0.15) is 4.98 Å². The molecule has 2 aromatic carbocycles. The van der Waals surface area contributed by atoms with Crippen LogP contribution in [0.5, 0.6) is 0 Å². The minimum atomic E-state index is 0.322. The summed E-state index contributed by atoms with van der Waals surface area (Å²) in [4.78, 5) is 15.1. The standard InChI is InChI=1S/C25H25ClN4S/c1-17-8-9-20(14-18(17)2)21-16-31-24-22(21)23(27-25(26)28-24)30-12-10-29(11-13-30)15-19-6-4-3-5-7-19/h3-9,14,16H,10-13,15H2,1-2H3. The number of benzene rings is 2. The lowest BCUT2D eigenvalue weighted by Gasteiger charge is -2.35. The molecular weight excluding hydrogens is 424 g/mol. The highest BCUT2D eigenvalue weighted by atomic mass is 35.5. The van der Waals surface area contributed by atoms with Crippen LogP contribution in [-0.2, 0) is 6.54 Å². The van der Waals surface area contributed by atoms with Crippen molar-refractivity contribution >= 4 is 39.0 Å². The molecule has 1 aliphatic rings. The number of anilines is 1. The molecule has 4 nitrogen and oxygen atoms in total. The van der Waals surface area contributed by atoms with Gasteiger partial charge in [0, 0.05) is 43.7 Å². The molecule has 31 heavy (non-hydrogen) atoms. The minimum absolute atomic E-state index is 0.322. The highest BCUT2D eigenvalue weighted by Crippen LogP contribution is 2.39. The molecule has 6 heteroatoms. The number of aryl methyl sites for hydroxylation is 2. The molecule has 0 unspecified atom stereocenters. The van der Waals surface area contributed by atoms with Gasteiger partial charge in [0.25, 0.3) is 0 Å². The summed E-state index contributed by atoms with van der Waals surface area (Å²) in [7, 11) is 0. The van der Waals surface area contributed by atoms with Gasteiger partial charge in [0.2, 0.25) is 5.28 Å². The van der Waals surface area contributed by atoms with Crippen LogP contribution in [0.2, 0.25) is 5.28 Å². The molecule has 0 spiro atoms. The van der Waals surface area contributed by atoms with Crippen LogP contribution in [0.4, 0.5) is 5.82 Å². The molecule has 1 fully saturated rings. The van der Waals surface area contributed by atoms with Crippen LogP contribution in [0.3, 0.4) is 0 Å². The van der Waals surface area contributed by atoms with E-state index in [2.05, 4.69) is 82.5 Å². The zero-order chi connectivity index (χ0) is 21.4.